The van der Waals surface area contributed by atoms with Crippen LogP contribution in [-0.4, -0.2) is 17.2 Å². The zero-order chi connectivity index (χ0) is 9.14. The maximum absolute atomic E-state index is 9.25. The van der Waals surface area contributed by atoms with E-state index in [-0.39, 0.29) is 5.88 Å². The Labute approximate surface area is 76.0 Å². The number of halogens is 1. The number of methoxy groups -OCH3 is 1. The molecule has 1 aromatic heterocycles. The van der Waals surface area contributed by atoms with Gasteiger partial charge in [0.1, 0.15) is 0 Å². The van der Waals surface area contributed by atoms with Crippen LogP contribution in [0, 0.1) is 0 Å². The lowest BCUT2D eigenvalue weighted by Crippen LogP contribution is -1.93. The fourth-order valence-corrected chi connectivity index (χ4v) is 1.31. The summed E-state index contributed by atoms with van der Waals surface area (Å²) in [4.78, 5) is 3.66. The molecule has 0 radical (unpaired) electrons. The maximum Gasteiger partial charge on any atom is 0.254 e. The first-order valence-corrected chi connectivity index (χ1v) is 3.98. The van der Waals surface area contributed by atoms with E-state index in [4.69, 9.17) is 16.3 Å². The van der Waals surface area contributed by atoms with Crippen molar-refractivity contribution in [3.63, 3.8) is 0 Å². The van der Waals surface area contributed by atoms with E-state index in [0.717, 1.165) is 5.56 Å². The number of aromatic nitrogens is 1. The van der Waals surface area contributed by atoms with Gasteiger partial charge in [-0.1, -0.05) is 18.5 Å². The Morgan fingerprint density at radius 1 is 1.67 bits per heavy atom. The van der Waals surface area contributed by atoms with Crippen molar-refractivity contribution < 1.29 is 9.84 Å². The molecule has 0 atom stereocenters. The Morgan fingerprint density at radius 2 is 2.33 bits per heavy atom. The van der Waals surface area contributed by atoms with Crippen LogP contribution in [0.25, 0.3) is 0 Å². The number of nitrogens with zero attached hydrogens (tertiary/aromatic N) is 1. The van der Waals surface area contributed by atoms with Gasteiger partial charge in [0.2, 0.25) is 0 Å². The SMILES string of the molecule is CCc1c(Cl)cnc(O)c1OC. The van der Waals surface area contributed by atoms with E-state index in [1.165, 1.54) is 13.3 Å². The summed E-state index contributed by atoms with van der Waals surface area (Å²) in [5.74, 6) is 0.253. The molecule has 0 saturated carbocycles. The third-order valence-electron chi connectivity index (χ3n) is 1.62. The summed E-state index contributed by atoms with van der Waals surface area (Å²) in [6.45, 7) is 1.93. The Kier molecular flexibility index (Phi) is 2.76. The van der Waals surface area contributed by atoms with E-state index in [2.05, 4.69) is 4.98 Å². The normalized spacial score (nSPS) is 9.92. The summed E-state index contributed by atoms with van der Waals surface area (Å²) < 4.78 is 4.95. The zero-order valence-corrected chi connectivity index (χ0v) is 7.72. The van der Waals surface area contributed by atoms with Gasteiger partial charge in [0.15, 0.2) is 5.75 Å². The summed E-state index contributed by atoms with van der Waals surface area (Å²) in [5, 5.41) is 9.77. The third-order valence-corrected chi connectivity index (χ3v) is 1.95. The fraction of sp³-hybridized carbons (Fsp3) is 0.375. The van der Waals surface area contributed by atoms with Gasteiger partial charge in [0.05, 0.1) is 18.3 Å². The average Bonchev–Trinajstić information content (AvgIpc) is 2.08. The van der Waals surface area contributed by atoms with Gasteiger partial charge >= 0.3 is 0 Å². The molecule has 0 aliphatic rings. The highest BCUT2D eigenvalue weighted by Crippen LogP contribution is 2.32. The second kappa shape index (κ2) is 3.63. The first-order valence-electron chi connectivity index (χ1n) is 3.61. The Balaban J connectivity index is 3.28. The van der Waals surface area contributed by atoms with Crippen molar-refractivity contribution in [2.45, 2.75) is 13.3 Å². The van der Waals surface area contributed by atoms with Gasteiger partial charge in [-0.2, -0.15) is 0 Å². The molecule has 0 fully saturated rings. The minimum absolute atomic E-state index is 0.112. The molecule has 1 aromatic rings. The summed E-state index contributed by atoms with van der Waals surface area (Å²) in [7, 11) is 1.48. The van der Waals surface area contributed by atoms with Crippen LogP contribution in [-0.2, 0) is 6.42 Å². The summed E-state index contributed by atoms with van der Waals surface area (Å²) in [6, 6.07) is 0. The molecular formula is C8H10ClNO2. The van der Waals surface area contributed by atoms with E-state index in [0.29, 0.717) is 17.2 Å². The van der Waals surface area contributed by atoms with Gasteiger partial charge in [0, 0.05) is 5.56 Å². The van der Waals surface area contributed by atoms with Gasteiger partial charge in [-0.05, 0) is 6.42 Å². The molecule has 1 N–H and O–H groups in total. The first-order chi connectivity index (χ1) is 5.70. The van der Waals surface area contributed by atoms with Gasteiger partial charge in [-0.25, -0.2) is 4.98 Å². The lowest BCUT2D eigenvalue weighted by Gasteiger charge is -2.08. The topological polar surface area (TPSA) is 42.4 Å². The summed E-state index contributed by atoms with van der Waals surface area (Å²) in [6.07, 6.45) is 2.12. The number of aromatic hydroxyl groups is 1. The minimum Gasteiger partial charge on any atom is -0.491 e. The Hall–Kier alpha value is -0.960. The second-order valence-corrected chi connectivity index (χ2v) is 2.70. The lowest BCUT2D eigenvalue weighted by atomic mass is 10.2. The molecule has 0 bridgehead atoms. The molecule has 0 aliphatic carbocycles. The van der Waals surface area contributed by atoms with Gasteiger partial charge in [0.25, 0.3) is 5.88 Å². The molecule has 0 amide bonds. The highest BCUT2D eigenvalue weighted by atomic mass is 35.5. The van der Waals surface area contributed by atoms with Crippen LogP contribution in [0.4, 0.5) is 0 Å². The first kappa shape index (κ1) is 9.13. The van der Waals surface area contributed by atoms with Crippen molar-refractivity contribution in [2.24, 2.45) is 0 Å². The van der Waals surface area contributed by atoms with Crippen LogP contribution in [0.5, 0.6) is 11.6 Å². The fourth-order valence-electron chi connectivity index (χ4n) is 1.04. The van der Waals surface area contributed by atoms with Crippen molar-refractivity contribution in [3.8, 4) is 11.6 Å². The van der Waals surface area contributed by atoms with E-state index < -0.39 is 0 Å². The monoisotopic (exact) mass is 187 g/mol. The smallest absolute Gasteiger partial charge is 0.254 e. The van der Waals surface area contributed by atoms with Crippen LogP contribution in [0.15, 0.2) is 6.20 Å². The molecule has 1 rings (SSSR count). The molecule has 66 valence electrons. The average molecular weight is 188 g/mol. The largest absolute Gasteiger partial charge is 0.491 e. The molecule has 1 heterocycles. The standard InChI is InChI=1S/C8H10ClNO2/c1-3-5-6(9)4-10-8(11)7(5)12-2/h4H,3H2,1-2H3,(H,10,11). The minimum atomic E-state index is -0.112. The Bertz CT molecular complexity index is 260. The van der Waals surface area contributed by atoms with Crippen molar-refractivity contribution in [2.75, 3.05) is 7.11 Å². The van der Waals surface area contributed by atoms with Crippen LogP contribution in [0.2, 0.25) is 5.02 Å². The molecule has 0 saturated heterocycles. The van der Waals surface area contributed by atoms with Crippen LogP contribution < -0.4 is 4.74 Å². The quantitative estimate of drug-likeness (QED) is 0.770. The molecule has 3 nitrogen and oxygen atoms in total. The third kappa shape index (κ3) is 1.46. The maximum atomic E-state index is 9.25. The van der Waals surface area contributed by atoms with E-state index in [1.54, 1.807) is 0 Å². The molecule has 0 aromatic carbocycles. The van der Waals surface area contributed by atoms with E-state index in [9.17, 15) is 5.11 Å². The van der Waals surface area contributed by atoms with Crippen LogP contribution in [0.3, 0.4) is 0 Å². The second-order valence-electron chi connectivity index (χ2n) is 2.30. The molecule has 0 aliphatic heterocycles. The zero-order valence-electron chi connectivity index (χ0n) is 6.97. The van der Waals surface area contributed by atoms with E-state index >= 15 is 0 Å². The molecule has 0 unspecified atom stereocenters. The highest BCUT2D eigenvalue weighted by Gasteiger charge is 2.11. The van der Waals surface area contributed by atoms with Crippen LogP contribution >= 0.6 is 11.6 Å². The summed E-state index contributed by atoms with van der Waals surface area (Å²) >= 11 is 5.83. The molecular weight excluding hydrogens is 178 g/mol. The highest BCUT2D eigenvalue weighted by molar-refractivity contribution is 6.31. The number of ether oxygens (including phenoxy) is 1. The summed E-state index contributed by atoms with van der Waals surface area (Å²) in [5.41, 5.74) is 0.784. The number of rotatable bonds is 2. The van der Waals surface area contributed by atoms with Crippen molar-refractivity contribution in [3.05, 3.63) is 16.8 Å². The van der Waals surface area contributed by atoms with E-state index in [1.807, 2.05) is 6.92 Å². The molecule has 12 heavy (non-hydrogen) atoms. The van der Waals surface area contributed by atoms with Gasteiger partial charge in [-0.3, -0.25) is 0 Å². The number of pyridine rings is 1. The van der Waals surface area contributed by atoms with Crippen molar-refractivity contribution >= 4 is 11.6 Å². The van der Waals surface area contributed by atoms with Crippen molar-refractivity contribution in [1.82, 2.24) is 4.98 Å². The molecule has 0 spiro atoms. The lowest BCUT2D eigenvalue weighted by molar-refractivity contribution is 0.359. The number of hydrogen-bond donors (Lipinski definition) is 1. The van der Waals surface area contributed by atoms with Gasteiger partial charge < -0.3 is 9.84 Å². The predicted octanol–water partition coefficient (Wildman–Crippen LogP) is 2.01. The van der Waals surface area contributed by atoms with Gasteiger partial charge in [-0.15, -0.1) is 0 Å². The Morgan fingerprint density at radius 3 is 2.75 bits per heavy atom. The number of hydrogen-bond acceptors (Lipinski definition) is 3. The van der Waals surface area contributed by atoms with Crippen LogP contribution in [0.1, 0.15) is 12.5 Å². The van der Waals surface area contributed by atoms with Crippen molar-refractivity contribution in [1.29, 1.82) is 0 Å². The predicted molar refractivity (Wildman–Crippen MR) is 46.8 cm³/mol. The molecule has 4 heteroatoms.